The molecule has 10 heteroatoms. The lowest BCUT2D eigenvalue weighted by Crippen LogP contribution is -2.54. The molecule has 1 N–H and O–H groups in total. The molecule has 21 heavy (non-hydrogen) atoms. The van der Waals surface area contributed by atoms with Crippen molar-refractivity contribution in [1.82, 2.24) is 5.32 Å². The molecule has 0 heterocycles. The van der Waals surface area contributed by atoms with Gasteiger partial charge in [-0.15, -0.1) is 0 Å². The van der Waals surface area contributed by atoms with Crippen molar-refractivity contribution >= 4 is 52.8 Å². The Labute approximate surface area is 137 Å². The monoisotopic (exact) mass is 363 g/mol. The zero-order chi connectivity index (χ0) is 16.6. The van der Waals surface area contributed by atoms with Crippen LogP contribution in [0.15, 0.2) is 0 Å². The first-order valence-corrected chi connectivity index (χ1v) is 7.06. The first kappa shape index (κ1) is 20.1. The molecule has 0 fully saturated rings. The van der Waals surface area contributed by atoms with Gasteiger partial charge in [-0.25, -0.2) is 4.79 Å². The van der Waals surface area contributed by atoms with Gasteiger partial charge in [-0.3, -0.25) is 9.59 Å². The van der Waals surface area contributed by atoms with E-state index in [4.69, 9.17) is 44.3 Å². The summed E-state index contributed by atoms with van der Waals surface area (Å²) in [4.78, 5) is 35.2. The number of nitrogens with one attached hydrogen (secondary N) is 1. The number of hydrogen-bond donors (Lipinski definition) is 1. The molecule has 122 valence electrons. The Morgan fingerprint density at radius 1 is 1.05 bits per heavy atom. The second-order valence-corrected chi connectivity index (χ2v) is 6.01. The second-order valence-electron chi connectivity index (χ2n) is 3.64. The molecule has 0 aliphatic heterocycles. The number of alkyl carbamates (subject to hydrolysis) is 1. The average molecular weight is 365 g/mol. The van der Waals surface area contributed by atoms with Gasteiger partial charge in [0.2, 0.25) is 3.79 Å². The summed E-state index contributed by atoms with van der Waals surface area (Å²) in [5.74, 6) is -3.61. The number of carbonyl (C=O) groups is 3. The Kier molecular flexibility index (Phi) is 8.77. The lowest BCUT2D eigenvalue weighted by Gasteiger charge is -2.29. The third-order valence-electron chi connectivity index (χ3n) is 2.23. The zero-order valence-corrected chi connectivity index (χ0v) is 13.9. The van der Waals surface area contributed by atoms with Gasteiger partial charge in [0.05, 0.1) is 20.3 Å². The van der Waals surface area contributed by atoms with Crippen LogP contribution in [0.2, 0.25) is 0 Å². The lowest BCUT2D eigenvalue weighted by atomic mass is 10.0. The van der Waals surface area contributed by atoms with Gasteiger partial charge in [-0.1, -0.05) is 34.8 Å². The van der Waals surface area contributed by atoms with Gasteiger partial charge in [0.25, 0.3) is 0 Å². The second kappa shape index (κ2) is 9.17. The normalized spacial score (nSPS) is 12.5. The Morgan fingerprint density at radius 2 is 1.48 bits per heavy atom. The number of rotatable bonds is 6. The maximum absolute atomic E-state index is 11.9. The smallest absolute Gasteiger partial charge is 0.407 e. The molecule has 1 amide bonds. The van der Waals surface area contributed by atoms with Crippen molar-refractivity contribution in [3.05, 3.63) is 0 Å². The number of amides is 1. The number of esters is 2. The first-order valence-electron chi connectivity index (χ1n) is 5.93. The standard InChI is InChI=1S/C11H16Cl3NO6/c1-4-20-8(16)6(9(17)21-5-2)7(11(12,13)14)15-10(18)19-3/h6-7H,4-5H2,1-3H3,(H,15,18)/t7-/m1/s1. The number of hydrogen-bond acceptors (Lipinski definition) is 6. The topological polar surface area (TPSA) is 90.9 Å². The maximum atomic E-state index is 11.9. The van der Waals surface area contributed by atoms with Crippen molar-refractivity contribution in [2.75, 3.05) is 20.3 Å². The van der Waals surface area contributed by atoms with Crippen LogP contribution in [0.4, 0.5) is 4.79 Å². The Bertz CT molecular complexity index is 367. The minimum absolute atomic E-state index is 0.000457. The van der Waals surface area contributed by atoms with E-state index in [1.165, 1.54) is 13.8 Å². The van der Waals surface area contributed by atoms with Crippen LogP contribution < -0.4 is 5.32 Å². The first-order chi connectivity index (χ1) is 9.68. The van der Waals surface area contributed by atoms with E-state index in [-0.39, 0.29) is 13.2 Å². The van der Waals surface area contributed by atoms with Crippen LogP contribution in [0.5, 0.6) is 0 Å². The third kappa shape index (κ3) is 6.58. The molecule has 0 aromatic rings. The van der Waals surface area contributed by atoms with Crippen molar-refractivity contribution in [3.8, 4) is 0 Å². The van der Waals surface area contributed by atoms with Crippen molar-refractivity contribution in [1.29, 1.82) is 0 Å². The number of carbonyl (C=O) groups excluding carboxylic acids is 3. The SMILES string of the molecule is CCOC(=O)C(C(=O)OCC)[C@@H](NC(=O)OC)C(Cl)(Cl)Cl. The highest BCUT2D eigenvalue weighted by Gasteiger charge is 2.49. The molecule has 0 radical (unpaired) electrons. The molecule has 7 nitrogen and oxygen atoms in total. The van der Waals surface area contributed by atoms with E-state index in [0.29, 0.717) is 0 Å². The largest absolute Gasteiger partial charge is 0.465 e. The van der Waals surface area contributed by atoms with Crippen molar-refractivity contribution < 1.29 is 28.6 Å². The minimum atomic E-state index is -2.17. The predicted molar refractivity (Wildman–Crippen MR) is 76.4 cm³/mol. The number of alkyl halides is 3. The number of ether oxygens (including phenoxy) is 3. The summed E-state index contributed by atoms with van der Waals surface area (Å²) in [7, 11) is 1.08. The fraction of sp³-hybridized carbons (Fsp3) is 0.727. The molecule has 0 saturated heterocycles. The summed E-state index contributed by atoms with van der Waals surface area (Å²) in [5, 5.41) is 2.13. The van der Waals surface area contributed by atoms with Crippen LogP contribution >= 0.6 is 34.8 Å². The molecule has 1 atom stereocenters. The summed E-state index contributed by atoms with van der Waals surface area (Å²) in [6.07, 6.45) is -0.982. The molecule has 0 aliphatic carbocycles. The van der Waals surface area contributed by atoms with Crippen LogP contribution in [0.1, 0.15) is 13.8 Å². The molecule has 0 aromatic carbocycles. The molecule has 0 saturated carbocycles. The molecule has 0 aromatic heterocycles. The van der Waals surface area contributed by atoms with Gasteiger partial charge in [0.15, 0.2) is 5.92 Å². The highest BCUT2D eigenvalue weighted by atomic mass is 35.6. The predicted octanol–water partition coefficient (Wildman–Crippen LogP) is 1.82. The van der Waals surface area contributed by atoms with E-state index in [0.717, 1.165) is 7.11 Å². The summed E-state index contributed by atoms with van der Waals surface area (Å²) in [6, 6.07) is -1.52. The Morgan fingerprint density at radius 3 is 1.76 bits per heavy atom. The van der Waals surface area contributed by atoms with Gasteiger partial charge in [-0.2, -0.15) is 0 Å². The van der Waals surface area contributed by atoms with E-state index < -0.39 is 33.8 Å². The fourth-order valence-corrected chi connectivity index (χ4v) is 1.91. The van der Waals surface area contributed by atoms with Gasteiger partial charge >= 0.3 is 18.0 Å². The molecular weight excluding hydrogens is 348 g/mol. The van der Waals surface area contributed by atoms with Gasteiger partial charge in [0, 0.05) is 0 Å². The molecular formula is C11H16Cl3NO6. The van der Waals surface area contributed by atoms with Gasteiger partial charge < -0.3 is 19.5 Å². The van der Waals surface area contributed by atoms with Crippen LogP contribution in [-0.4, -0.2) is 48.2 Å². The van der Waals surface area contributed by atoms with Gasteiger partial charge in [-0.05, 0) is 13.8 Å². The van der Waals surface area contributed by atoms with Crippen LogP contribution in [-0.2, 0) is 23.8 Å². The summed E-state index contributed by atoms with van der Waals surface area (Å²) in [6.45, 7) is 3.08. The van der Waals surface area contributed by atoms with E-state index in [1.54, 1.807) is 0 Å². The van der Waals surface area contributed by atoms with E-state index in [2.05, 4.69) is 10.1 Å². The molecule has 0 unspecified atom stereocenters. The average Bonchev–Trinajstić information content (AvgIpc) is 2.37. The number of methoxy groups -OCH3 is 1. The molecule has 0 rings (SSSR count). The quantitative estimate of drug-likeness (QED) is 0.335. The van der Waals surface area contributed by atoms with E-state index in [9.17, 15) is 14.4 Å². The van der Waals surface area contributed by atoms with Crippen molar-refractivity contribution in [2.24, 2.45) is 5.92 Å². The summed E-state index contributed by atoms with van der Waals surface area (Å²) in [5.41, 5.74) is 0. The van der Waals surface area contributed by atoms with Crippen LogP contribution in [0, 0.1) is 5.92 Å². The number of halogens is 3. The molecule has 0 bridgehead atoms. The molecule has 0 aliphatic rings. The Balaban J connectivity index is 5.49. The zero-order valence-electron chi connectivity index (χ0n) is 11.7. The highest BCUT2D eigenvalue weighted by molar-refractivity contribution is 6.68. The minimum Gasteiger partial charge on any atom is -0.465 e. The Hall–Kier alpha value is -0.920. The summed E-state index contributed by atoms with van der Waals surface area (Å²) < 4.78 is 11.7. The van der Waals surface area contributed by atoms with Gasteiger partial charge in [0.1, 0.15) is 6.04 Å². The molecule has 0 spiro atoms. The van der Waals surface area contributed by atoms with E-state index in [1.807, 2.05) is 0 Å². The maximum Gasteiger partial charge on any atom is 0.407 e. The highest BCUT2D eigenvalue weighted by Crippen LogP contribution is 2.35. The van der Waals surface area contributed by atoms with E-state index >= 15 is 0 Å². The lowest BCUT2D eigenvalue weighted by molar-refractivity contribution is -0.162. The van der Waals surface area contributed by atoms with Crippen molar-refractivity contribution in [2.45, 2.75) is 23.7 Å². The fourth-order valence-electron chi connectivity index (χ4n) is 1.37. The van der Waals surface area contributed by atoms with Crippen LogP contribution in [0.25, 0.3) is 0 Å². The van der Waals surface area contributed by atoms with Crippen LogP contribution in [0.3, 0.4) is 0 Å². The third-order valence-corrected chi connectivity index (χ3v) is 2.93. The summed E-state index contributed by atoms with van der Waals surface area (Å²) >= 11 is 17.2. The van der Waals surface area contributed by atoms with Crippen molar-refractivity contribution in [3.63, 3.8) is 0 Å².